The highest BCUT2D eigenvalue weighted by molar-refractivity contribution is 5.89. The normalized spacial score (nSPS) is 11.8. The summed E-state index contributed by atoms with van der Waals surface area (Å²) in [5.41, 5.74) is 5.47. The van der Waals surface area contributed by atoms with Crippen molar-refractivity contribution < 1.29 is 14.7 Å². The Morgan fingerprint density at radius 1 is 0.970 bits per heavy atom. The third-order valence-corrected chi connectivity index (χ3v) is 5.71. The number of aromatic nitrogens is 1. The molecule has 0 saturated carbocycles. The summed E-state index contributed by atoms with van der Waals surface area (Å²) in [6, 6.07) is 23.4. The maximum absolute atomic E-state index is 13.2. The van der Waals surface area contributed by atoms with Gasteiger partial charge in [-0.3, -0.25) is 9.59 Å². The van der Waals surface area contributed by atoms with Crippen LogP contribution in [0, 0.1) is 0 Å². The molecule has 0 fully saturated rings. The van der Waals surface area contributed by atoms with E-state index in [-0.39, 0.29) is 24.8 Å². The number of para-hydroxylation sites is 1. The van der Waals surface area contributed by atoms with Gasteiger partial charge in [-0.1, -0.05) is 54.6 Å². The minimum Gasteiger partial charge on any atom is -0.481 e. The van der Waals surface area contributed by atoms with Crippen molar-refractivity contribution in [1.29, 1.82) is 0 Å². The van der Waals surface area contributed by atoms with E-state index in [0.29, 0.717) is 5.56 Å². The number of rotatable bonds is 8. The summed E-state index contributed by atoms with van der Waals surface area (Å²) < 4.78 is 0. The number of nitrogens with zero attached hydrogens (tertiary/aromatic N) is 1. The molecule has 33 heavy (non-hydrogen) atoms. The fourth-order valence-electron chi connectivity index (χ4n) is 4.17. The predicted molar refractivity (Wildman–Crippen MR) is 131 cm³/mol. The molecule has 0 spiro atoms. The molecule has 1 atom stereocenters. The van der Waals surface area contributed by atoms with Gasteiger partial charge in [-0.25, -0.2) is 0 Å². The zero-order valence-corrected chi connectivity index (χ0v) is 18.7. The van der Waals surface area contributed by atoms with Crippen LogP contribution in [0.2, 0.25) is 0 Å². The van der Waals surface area contributed by atoms with Gasteiger partial charge in [-0.15, -0.1) is 0 Å². The van der Waals surface area contributed by atoms with E-state index < -0.39 is 5.97 Å². The van der Waals surface area contributed by atoms with Gasteiger partial charge >= 0.3 is 5.97 Å². The van der Waals surface area contributed by atoms with Gasteiger partial charge in [0.05, 0.1) is 18.9 Å². The van der Waals surface area contributed by atoms with E-state index in [0.717, 1.165) is 33.3 Å². The van der Waals surface area contributed by atoms with Crippen LogP contribution in [0.1, 0.15) is 28.3 Å². The van der Waals surface area contributed by atoms with Crippen molar-refractivity contribution in [2.75, 3.05) is 19.0 Å². The number of fused-ring (bicyclic) bond motifs is 1. The van der Waals surface area contributed by atoms with E-state index in [4.69, 9.17) is 5.11 Å². The molecule has 1 unspecified atom stereocenters. The van der Waals surface area contributed by atoms with E-state index in [9.17, 15) is 9.59 Å². The molecule has 168 valence electrons. The molecule has 0 bridgehead atoms. The van der Waals surface area contributed by atoms with Crippen LogP contribution >= 0.6 is 0 Å². The van der Waals surface area contributed by atoms with Crippen molar-refractivity contribution in [3.8, 4) is 0 Å². The summed E-state index contributed by atoms with van der Waals surface area (Å²) >= 11 is 0. The number of nitrogens with one attached hydrogen (secondary N) is 2. The Morgan fingerprint density at radius 2 is 1.70 bits per heavy atom. The molecule has 0 aliphatic carbocycles. The summed E-state index contributed by atoms with van der Waals surface area (Å²) in [5, 5.41) is 13.2. The van der Waals surface area contributed by atoms with Crippen LogP contribution in [0.4, 0.5) is 5.69 Å². The zero-order chi connectivity index (χ0) is 23.4. The van der Waals surface area contributed by atoms with Crippen molar-refractivity contribution in [2.45, 2.75) is 18.9 Å². The van der Waals surface area contributed by atoms with Gasteiger partial charge in [-0.2, -0.15) is 0 Å². The van der Waals surface area contributed by atoms with Crippen LogP contribution in [0.15, 0.2) is 79.0 Å². The van der Waals surface area contributed by atoms with Gasteiger partial charge in [0.15, 0.2) is 0 Å². The van der Waals surface area contributed by atoms with E-state index in [1.54, 1.807) is 6.20 Å². The summed E-state index contributed by atoms with van der Waals surface area (Å²) in [5.74, 6) is -0.989. The molecular formula is C27H27N3O3. The van der Waals surface area contributed by atoms with Crippen LogP contribution in [0.3, 0.4) is 0 Å². The zero-order valence-electron chi connectivity index (χ0n) is 18.7. The molecule has 3 N–H and O–H groups in total. The van der Waals surface area contributed by atoms with Crippen LogP contribution < -0.4 is 10.2 Å². The molecule has 0 aliphatic rings. The van der Waals surface area contributed by atoms with Crippen molar-refractivity contribution in [2.24, 2.45) is 0 Å². The number of carbonyl (C=O) groups excluding carboxylic acids is 1. The Labute approximate surface area is 192 Å². The van der Waals surface area contributed by atoms with Crippen molar-refractivity contribution in [3.63, 3.8) is 0 Å². The monoisotopic (exact) mass is 441 g/mol. The van der Waals surface area contributed by atoms with Crippen LogP contribution in [0.5, 0.6) is 0 Å². The third kappa shape index (κ3) is 5.06. The highest BCUT2D eigenvalue weighted by Gasteiger charge is 2.21. The number of benzene rings is 3. The lowest BCUT2D eigenvalue weighted by atomic mass is 9.96. The topological polar surface area (TPSA) is 85.4 Å². The average Bonchev–Trinajstić information content (AvgIpc) is 3.19. The highest BCUT2D eigenvalue weighted by atomic mass is 16.4. The standard InChI is InChI=1S/C27H27N3O3/c1-30(2)24-11-7-6-10-21(24)27(19-8-4-3-5-9-19)29-25(31)15-18-12-13-23-22(14-18)20(17-28-23)16-26(32)33/h3-14,17,27-28H,15-16H2,1-2H3,(H,29,31)(H,32,33). The van der Waals surface area contributed by atoms with Gasteiger partial charge in [0.1, 0.15) is 0 Å². The Hall–Kier alpha value is -4.06. The predicted octanol–water partition coefficient (Wildman–Crippen LogP) is 4.31. The molecule has 6 heteroatoms. The molecule has 1 amide bonds. The Balaban J connectivity index is 1.61. The van der Waals surface area contributed by atoms with Crippen LogP contribution in [-0.4, -0.2) is 36.1 Å². The third-order valence-electron chi connectivity index (χ3n) is 5.71. The Morgan fingerprint density at radius 3 is 2.42 bits per heavy atom. The van der Waals surface area contributed by atoms with E-state index in [1.807, 2.05) is 91.8 Å². The van der Waals surface area contributed by atoms with Gasteiger partial charge in [0.2, 0.25) is 5.91 Å². The molecule has 1 heterocycles. The Bertz CT molecular complexity index is 1280. The molecular weight excluding hydrogens is 414 g/mol. The lowest BCUT2D eigenvalue weighted by Crippen LogP contribution is -2.31. The highest BCUT2D eigenvalue weighted by Crippen LogP contribution is 2.30. The lowest BCUT2D eigenvalue weighted by molar-refractivity contribution is -0.136. The molecule has 0 aliphatic heterocycles. The minimum atomic E-state index is -0.885. The summed E-state index contributed by atoms with van der Waals surface area (Å²) in [6.45, 7) is 0. The molecule has 3 aromatic carbocycles. The number of hydrogen-bond acceptors (Lipinski definition) is 3. The molecule has 1 aromatic heterocycles. The number of carbonyl (C=O) groups is 2. The van der Waals surface area contributed by atoms with E-state index in [2.05, 4.69) is 10.3 Å². The average molecular weight is 442 g/mol. The first kappa shape index (κ1) is 22.1. The second-order valence-corrected chi connectivity index (χ2v) is 8.31. The number of hydrogen-bond donors (Lipinski definition) is 3. The minimum absolute atomic E-state index is 0.0624. The number of H-pyrrole nitrogens is 1. The fraction of sp³-hybridized carbons (Fsp3) is 0.185. The summed E-state index contributed by atoms with van der Waals surface area (Å²) in [4.78, 5) is 29.5. The van der Waals surface area contributed by atoms with Crippen LogP contribution in [-0.2, 0) is 22.4 Å². The second-order valence-electron chi connectivity index (χ2n) is 8.31. The van der Waals surface area contributed by atoms with Gasteiger partial charge < -0.3 is 20.3 Å². The van der Waals surface area contributed by atoms with E-state index in [1.165, 1.54) is 0 Å². The quantitative estimate of drug-likeness (QED) is 0.380. The molecule has 0 saturated heterocycles. The maximum Gasteiger partial charge on any atom is 0.307 e. The maximum atomic E-state index is 13.2. The van der Waals surface area contributed by atoms with Crippen LogP contribution in [0.25, 0.3) is 10.9 Å². The Kier molecular flexibility index (Phi) is 6.45. The van der Waals surface area contributed by atoms with Crippen molar-refractivity contribution in [3.05, 3.63) is 101 Å². The number of carboxylic acids is 1. The lowest BCUT2D eigenvalue weighted by Gasteiger charge is -2.25. The number of aromatic amines is 1. The summed E-state index contributed by atoms with van der Waals surface area (Å²) in [6.07, 6.45) is 1.85. The fourth-order valence-corrected chi connectivity index (χ4v) is 4.17. The second kappa shape index (κ2) is 9.61. The number of aliphatic carboxylic acids is 1. The first-order chi connectivity index (χ1) is 15.9. The smallest absolute Gasteiger partial charge is 0.307 e. The molecule has 6 nitrogen and oxygen atoms in total. The first-order valence-electron chi connectivity index (χ1n) is 10.8. The van der Waals surface area contributed by atoms with Crippen molar-refractivity contribution in [1.82, 2.24) is 10.3 Å². The van der Waals surface area contributed by atoms with Gasteiger partial charge in [0.25, 0.3) is 0 Å². The van der Waals surface area contributed by atoms with Crippen molar-refractivity contribution >= 4 is 28.5 Å². The number of amides is 1. The van der Waals surface area contributed by atoms with E-state index >= 15 is 0 Å². The molecule has 4 aromatic rings. The van der Waals surface area contributed by atoms with Gasteiger partial charge in [0, 0.05) is 42.4 Å². The summed E-state index contributed by atoms with van der Waals surface area (Å²) in [7, 11) is 3.98. The SMILES string of the molecule is CN(C)c1ccccc1C(NC(=O)Cc1ccc2[nH]cc(CC(=O)O)c2c1)c1ccccc1. The number of carboxylic acid groups (broad SMARTS) is 1. The number of anilines is 1. The first-order valence-corrected chi connectivity index (χ1v) is 10.8. The largest absolute Gasteiger partial charge is 0.481 e. The molecule has 0 radical (unpaired) electrons. The molecule has 4 rings (SSSR count). The van der Waals surface area contributed by atoms with Gasteiger partial charge in [-0.05, 0) is 34.9 Å².